The second kappa shape index (κ2) is 7.26. The number of nitrogens with one attached hydrogen (secondary N) is 1. The molecule has 2 heterocycles. The van der Waals surface area contributed by atoms with Gasteiger partial charge in [-0.05, 0) is 55.5 Å². The van der Waals surface area contributed by atoms with Crippen molar-refractivity contribution in [1.82, 2.24) is 4.98 Å². The third kappa shape index (κ3) is 3.15. The average molecular weight is 381 g/mol. The number of halogens is 2. The number of carbonyl (C=O) groups excluding carboxylic acids is 1. The molecule has 142 valence electrons. The van der Waals surface area contributed by atoms with Crippen LogP contribution in [0.15, 0.2) is 60.8 Å². The highest BCUT2D eigenvalue weighted by Crippen LogP contribution is 2.37. The van der Waals surface area contributed by atoms with Crippen molar-refractivity contribution < 1.29 is 18.3 Å². The molecule has 1 aromatic heterocycles. The first kappa shape index (κ1) is 17.9. The molecule has 1 aliphatic heterocycles. The van der Waals surface area contributed by atoms with Crippen LogP contribution in [0.2, 0.25) is 0 Å². The van der Waals surface area contributed by atoms with E-state index in [1.165, 1.54) is 11.0 Å². The van der Waals surface area contributed by atoms with Crippen molar-refractivity contribution >= 4 is 17.3 Å². The third-order valence-corrected chi connectivity index (χ3v) is 4.45. The molecule has 0 saturated carbocycles. The number of aromatic nitrogens is 1. The summed E-state index contributed by atoms with van der Waals surface area (Å²) in [5, 5.41) is 3.09. The van der Waals surface area contributed by atoms with E-state index in [-0.39, 0.29) is 5.91 Å². The number of hydrogen-bond acceptors (Lipinski definition) is 4. The Morgan fingerprint density at radius 3 is 2.61 bits per heavy atom. The Labute approximate surface area is 160 Å². The molecule has 1 aliphatic rings. The molecule has 1 N–H and O–H groups in total. The third-order valence-electron chi connectivity index (χ3n) is 4.45. The Morgan fingerprint density at radius 2 is 1.89 bits per heavy atom. The SMILES string of the molecule is CCOc1ccc(N2C(=O)c3cccnc3[C@H]2Nc2ccc(F)c(F)c2)cc1. The van der Waals surface area contributed by atoms with Crippen molar-refractivity contribution in [3.63, 3.8) is 0 Å². The van der Waals surface area contributed by atoms with Crippen LogP contribution in [0.25, 0.3) is 0 Å². The largest absolute Gasteiger partial charge is 0.494 e. The van der Waals surface area contributed by atoms with Gasteiger partial charge in [0.1, 0.15) is 5.75 Å². The van der Waals surface area contributed by atoms with Gasteiger partial charge in [0, 0.05) is 23.6 Å². The summed E-state index contributed by atoms with van der Waals surface area (Å²) in [6.07, 6.45) is 0.930. The smallest absolute Gasteiger partial charge is 0.262 e. The molecule has 0 spiro atoms. The molecule has 3 aromatic rings. The fourth-order valence-electron chi connectivity index (χ4n) is 3.20. The number of ether oxygens (including phenoxy) is 1. The molecule has 4 rings (SSSR count). The first-order valence-electron chi connectivity index (χ1n) is 8.81. The van der Waals surface area contributed by atoms with Gasteiger partial charge in [-0.1, -0.05) is 0 Å². The Hall–Kier alpha value is -3.48. The minimum atomic E-state index is -0.969. The van der Waals surface area contributed by atoms with Gasteiger partial charge in [-0.2, -0.15) is 0 Å². The van der Waals surface area contributed by atoms with Crippen molar-refractivity contribution in [3.05, 3.63) is 83.7 Å². The zero-order valence-electron chi connectivity index (χ0n) is 15.0. The number of nitrogens with zero attached hydrogens (tertiary/aromatic N) is 2. The number of hydrogen-bond donors (Lipinski definition) is 1. The van der Waals surface area contributed by atoms with Crippen molar-refractivity contribution in [2.24, 2.45) is 0 Å². The first-order chi connectivity index (χ1) is 13.6. The fourth-order valence-corrected chi connectivity index (χ4v) is 3.20. The Kier molecular flexibility index (Phi) is 4.65. The minimum absolute atomic E-state index is 0.229. The highest BCUT2D eigenvalue weighted by Gasteiger charge is 2.39. The first-order valence-corrected chi connectivity index (χ1v) is 8.81. The molecule has 28 heavy (non-hydrogen) atoms. The van der Waals surface area contributed by atoms with Crippen LogP contribution in [0.5, 0.6) is 5.75 Å². The van der Waals surface area contributed by atoms with Crippen molar-refractivity contribution in [2.75, 3.05) is 16.8 Å². The maximum absolute atomic E-state index is 13.6. The molecule has 0 aliphatic carbocycles. The van der Waals surface area contributed by atoms with Crippen molar-refractivity contribution in [3.8, 4) is 5.75 Å². The van der Waals surface area contributed by atoms with E-state index in [4.69, 9.17) is 4.74 Å². The average Bonchev–Trinajstić information content (AvgIpc) is 2.98. The second-order valence-corrected chi connectivity index (χ2v) is 6.21. The number of rotatable bonds is 5. The quantitative estimate of drug-likeness (QED) is 0.706. The molecule has 1 amide bonds. The van der Waals surface area contributed by atoms with Gasteiger partial charge in [0.15, 0.2) is 17.8 Å². The number of amides is 1. The summed E-state index contributed by atoms with van der Waals surface area (Å²) in [6, 6.07) is 14.0. The molecule has 0 saturated heterocycles. The summed E-state index contributed by atoms with van der Waals surface area (Å²) in [7, 11) is 0. The number of anilines is 2. The maximum Gasteiger partial charge on any atom is 0.262 e. The Bertz CT molecular complexity index is 1020. The molecule has 0 unspecified atom stereocenters. The van der Waals surface area contributed by atoms with Crippen LogP contribution in [0.4, 0.5) is 20.2 Å². The highest BCUT2D eigenvalue weighted by molar-refractivity contribution is 6.11. The number of carbonyl (C=O) groups is 1. The van der Waals surface area contributed by atoms with Gasteiger partial charge in [0.2, 0.25) is 0 Å². The molecule has 0 fully saturated rings. The van der Waals surface area contributed by atoms with Crippen LogP contribution in [0.3, 0.4) is 0 Å². The summed E-state index contributed by atoms with van der Waals surface area (Å²) in [6.45, 7) is 2.43. The van der Waals surface area contributed by atoms with E-state index in [0.29, 0.717) is 35.0 Å². The topological polar surface area (TPSA) is 54.5 Å². The van der Waals surface area contributed by atoms with Crippen LogP contribution in [0.1, 0.15) is 29.1 Å². The van der Waals surface area contributed by atoms with E-state index in [0.717, 1.165) is 12.1 Å². The van der Waals surface area contributed by atoms with Crippen LogP contribution >= 0.6 is 0 Å². The lowest BCUT2D eigenvalue weighted by molar-refractivity contribution is 0.0993. The molecule has 0 bridgehead atoms. The molecule has 1 atom stereocenters. The van der Waals surface area contributed by atoms with Gasteiger partial charge in [0.05, 0.1) is 17.9 Å². The van der Waals surface area contributed by atoms with Crippen LogP contribution < -0.4 is 15.0 Å². The summed E-state index contributed by atoms with van der Waals surface area (Å²) in [5.41, 5.74) is 1.94. The number of pyridine rings is 1. The second-order valence-electron chi connectivity index (χ2n) is 6.21. The molecule has 0 radical (unpaired) electrons. The van der Waals surface area contributed by atoms with Gasteiger partial charge >= 0.3 is 0 Å². The molecular formula is C21H17F2N3O2. The van der Waals surface area contributed by atoms with Gasteiger partial charge in [0.25, 0.3) is 5.91 Å². The maximum atomic E-state index is 13.6. The predicted molar refractivity (Wildman–Crippen MR) is 101 cm³/mol. The zero-order valence-corrected chi connectivity index (χ0v) is 15.0. The lowest BCUT2D eigenvalue weighted by atomic mass is 10.2. The molecule has 7 heteroatoms. The van der Waals surface area contributed by atoms with E-state index in [9.17, 15) is 13.6 Å². The normalized spacial score (nSPS) is 15.5. The van der Waals surface area contributed by atoms with Gasteiger partial charge < -0.3 is 10.1 Å². The summed E-state index contributed by atoms with van der Waals surface area (Å²) in [4.78, 5) is 18.9. The van der Waals surface area contributed by atoms with E-state index in [1.54, 1.807) is 42.6 Å². The number of benzene rings is 2. The van der Waals surface area contributed by atoms with E-state index in [2.05, 4.69) is 10.3 Å². The van der Waals surface area contributed by atoms with Gasteiger partial charge in [-0.3, -0.25) is 14.7 Å². The predicted octanol–water partition coefficient (Wildman–Crippen LogP) is 4.53. The Balaban J connectivity index is 1.72. The lowest BCUT2D eigenvalue weighted by Crippen LogP contribution is -2.32. The summed E-state index contributed by atoms with van der Waals surface area (Å²) in [5.74, 6) is -1.44. The molecule has 5 nitrogen and oxygen atoms in total. The fraction of sp³-hybridized carbons (Fsp3) is 0.143. The van der Waals surface area contributed by atoms with Crippen molar-refractivity contribution in [1.29, 1.82) is 0 Å². The molecular weight excluding hydrogens is 364 g/mol. The standard InChI is InChI=1S/C21H17F2N3O2/c1-2-28-15-8-6-14(7-9-15)26-20(19-16(21(26)27)4-3-11-24-19)25-13-5-10-17(22)18(23)12-13/h3-12,20,25H,2H2,1H3/t20-/m0/s1. The van der Waals surface area contributed by atoms with Crippen LogP contribution in [0, 0.1) is 11.6 Å². The van der Waals surface area contributed by atoms with Gasteiger partial charge in [-0.15, -0.1) is 0 Å². The van der Waals surface area contributed by atoms with E-state index < -0.39 is 17.8 Å². The monoisotopic (exact) mass is 381 g/mol. The Morgan fingerprint density at radius 1 is 1.11 bits per heavy atom. The molecule has 2 aromatic carbocycles. The van der Waals surface area contributed by atoms with Crippen LogP contribution in [-0.4, -0.2) is 17.5 Å². The van der Waals surface area contributed by atoms with E-state index in [1.807, 2.05) is 6.92 Å². The summed E-state index contributed by atoms with van der Waals surface area (Å²) < 4.78 is 32.4. The highest BCUT2D eigenvalue weighted by atomic mass is 19.2. The van der Waals surface area contributed by atoms with Crippen molar-refractivity contribution in [2.45, 2.75) is 13.1 Å². The summed E-state index contributed by atoms with van der Waals surface area (Å²) >= 11 is 0. The number of fused-ring (bicyclic) bond motifs is 1. The zero-order chi connectivity index (χ0) is 19.7. The lowest BCUT2D eigenvalue weighted by Gasteiger charge is -2.26. The minimum Gasteiger partial charge on any atom is -0.494 e. The van der Waals surface area contributed by atoms with Gasteiger partial charge in [-0.25, -0.2) is 8.78 Å². The van der Waals surface area contributed by atoms with E-state index >= 15 is 0 Å². The van der Waals surface area contributed by atoms with Crippen LogP contribution in [-0.2, 0) is 0 Å².